The molecule has 1 aromatic heterocycles. The van der Waals surface area contributed by atoms with Crippen LogP contribution in [0.5, 0.6) is 11.5 Å². The monoisotopic (exact) mass is 716 g/mol. The van der Waals surface area contributed by atoms with E-state index >= 15 is 0 Å². The van der Waals surface area contributed by atoms with Crippen LogP contribution in [0.2, 0.25) is 0 Å². The standard InChI is InChI=1S/C39H31BNO9P.CH4/c1-24-19-29(38(43)47-23-27-9-5-4-6-10-27)20-25(2)37(24)48-39(44)36-31-11-7-8-12-33(31)41(3)34-22-28(15-18-32(34)36)35(49-51(45,46)50-40)21-26-13-16-30(42)17-14-26;/h4-22H,23H2,1-3H3,(H,45,46);1H4/p+1. The van der Waals surface area contributed by atoms with E-state index in [1.807, 2.05) is 66.2 Å². The molecule has 10 nitrogen and oxygen atoms in total. The van der Waals surface area contributed by atoms with E-state index < -0.39 is 19.8 Å². The van der Waals surface area contributed by atoms with Gasteiger partial charge in [0.2, 0.25) is 11.0 Å². The fourth-order valence-electron chi connectivity index (χ4n) is 5.86. The SMILES string of the molecule is C.[B]OP(=O)(O)O/C(=C\c1ccc(O)cc1)c1ccc2c(C(=O)Oc3c(C)cc(C(=O)OCc4ccccc4)cc3C)c3ccccc3[n+](C)c2c1. The summed E-state index contributed by atoms with van der Waals surface area (Å²) in [7, 11) is 2.17. The minimum absolute atomic E-state index is 0. The number of ether oxygens (including phenoxy) is 2. The lowest BCUT2D eigenvalue weighted by Crippen LogP contribution is -2.31. The van der Waals surface area contributed by atoms with Crippen molar-refractivity contribution in [1.29, 1.82) is 0 Å². The second-order valence-electron chi connectivity index (χ2n) is 11.8. The number of phosphoric ester groups is 1. The highest BCUT2D eigenvalue weighted by molar-refractivity contribution is 7.48. The fraction of sp³-hybridized carbons (Fsp3) is 0.125. The first-order valence-corrected chi connectivity index (χ1v) is 17.2. The summed E-state index contributed by atoms with van der Waals surface area (Å²) in [6.07, 6.45) is 1.49. The number of aromatic hydroxyl groups is 1. The van der Waals surface area contributed by atoms with Gasteiger partial charge in [-0.1, -0.05) is 68.1 Å². The van der Waals surface area contributed by atoms with Gasteiger partial charge in [0.25, 0.3) is 0 Å². The zero-order valence-electron chi connectivity index (χ0n) is 27.9. The highest BCUT2D eigenvalue weighted by Crippen LogP contribution is 2.47. The van der Waals surface area contributed by atoms with Crippen molar-refractivity contribution in [2.24, 2.45) is 7.05 Å². The lowest BCUT2D eigenvalue weighted by Gasteiger charge is -2.16. The number of aromatic nitrogens is 1. The number of pyridine rings is 1. The minimum Gasteiger partial charge on any atom is -0.508 e. The number of phenolic OH excluding ortho intramolecular Hbond substituents is 1. The third-order valence-corrected chi connectivity index (χ3v) is 8.99. The third kappa shape index (κ3) is 8.08. The van der Waals surface area contributed by atoms with Crippen LogP contribution in [0.4, 0.5) is 0 Å². The van der Waals surface area contributed by atoms with Crippen molar-refractivity contribution in [1.82, 2.24) is 0 Å². The molecule has 0 saturated heterocycles. The molecule has 0 aliphatic carbocycles. The molecular formula is C40H36BNO9P+. The van der Waals surface area contributed by atoms with Crippen molar-refractivity contribution >= 4 is 61.5 Å². The third-order valence-electron chi connectivity index (χ3n) is 8.29. The summed E-state index contributed by atoms with van der Waals surface area (Å²) in [6.45, 7) is 3.63. The van der Waals surface area contributed by atoms with Crippen LogP contribution in [-0.4, -0.2) is 30.0 Å². The molecule has 6 rings (SSSR count). The van der Waals surface area contributed by atoms with Crippen LogP contribution in [0.1, 0.15) is 56.0 Å². The van der Waals surface area contributed by atoms with E-state index in [9.17, 15) is 24.2 Å². The van der Waals surface area contributed by atoms with Gasteiger partial charge in [-0.05, 0) is 78.6 Å². The quantitative estimate of drug-likeness (QED) is 0.0211. The first-order valence-electron chi connectivity index (χ1n) is 15.7. The predicted octanol–water partition coefficient (Wildman–Crippen LogP) is 8.07. The number of carbonyl (C=O) groups excluding carboxylic acids is 2. The minimum atomic E-state index is -4.70. The predicted molar refractivity (Wildman–Crippen MR) is 200 cm³/mol. The van der Waals surface area contributed by atoms with E-state index in [1.165, 1.54) is 18.2 Å². The van der Waals surface area contributed by atoms with Crippen molar-refractivity contribution in [2.45, 2.75) is 27.9 Å². The van der Waals surface area contributed by atoms with Gasteiger partial charge in [0.05, 0.1) is 21.9 Å². The maximum absolute atomic E-state index is 14.2. The van der Waals surface area contributed by atoms with Crippen molar-refractivity contribution in [3.8, 4) is 11.5 Å². The fourth-order valence-corrected chi connectivity index (χ4v) is 6.31. The lowest BCUT2D eigenvalue weighted by molar-refractivity contribution is -0.617. The number of fused-ring (bicyclic) bond motifs is 2. The van der Waals surface area contributed by atoms with Gasteiger partial charge in [-0.2, -0.15) is 4.57 Å². The maximum atomic E-state index is 14.2. The summed E-state index contributed by atoms with van der Waals surface area (Å²) in [5.74, 6) is -0.814. The van der Waals surface area contributed by atoms with Gasteiger partial charge in [-0.3, -0.25) is 4.89 Å². The van der Waals surface area contributed by atoms with E-state index in [0.717, 1.165) is 5.56 Å². The number of para-hydroxylation sites is 1. The van der Waals surface area contributed by atoms with E-state index in [4.69, 9.17) is 22.0 Å². The van der Waals surface area contributed by atoms with Gasteiger partial charge in [0, 0.05) is 17.7 Å². The smallest absolute Gasteiger partial charge is 0.508 e. The van der Waals surface area contributed by atoms with Crippen LogP contribution in [0.25, 0.3) is 33.6 Å². The van der Waals surface area contributed by atoms with Gasteiger partial charge >= 0.3 is 27.8 Å². The van der Waals surface area contributed by atoms with E-state index in [1.54, 1.807) is 56.3 Å². The van der Waals surface area contributed by atoms with Crippen LogP contribution in [0.15, 0.2) is 109 Å². The average molecular weight is 717 g/mol. The Morgan fingerprint density at radius 3 is 2.12 bits per heavy atom. The molecule has 1 atom stereocenters. The molecule has 1 heterocycles. The molecule has 6 aromatic rings. The zero-order valence-corrected chi connectivity index (χ0v) is 28.8. The maximum Gasteiger partial charge on any atom is 0.511 e. The van der Waals surface area contributed by atoms with Gasteiger partial charge in [-0.25, -0.2) is 14.2 Å². The van der Waals surface area contributed by atoms with E-state index in [0.29, 0.717) is 60.9 Å². The van der Waals surface area contributed by atoms with E-state index in [2.05, 4.69) is 4.44 Å². The number of hydrogen-bond donors (Lipinski definition) is 2. The van der Waals surface area contributed by atoms with Crippen LogP contribution < -0.4 is 9.30 Å². The Balaban J connectivity index is 0.00000523. The van der Waals surface area contributed by atoms with Crippen molar-refractivity contribution in [2.75, 3.05) is 0 Å². The van der Waals surface area contributed by atoms with Crippen molar-refractivity contribution in [3.63, 3.8) is 0 Å². The summed E-state index contributed by atoms with van der Waals surface area (Å²) in [5, 5.41) is 10.9. The summed E-state index contributed by atoms with van der Waals surface area (Å²) in [4.78, 5) is 37.2. The van der Waals surface area contributed by atoms with Gasteiger partial charge in [0.1, 0.15) is 30.9 Å². The molecule has 262 valence electrons. The average Bonchev–Trinajstić information content (AvgIpc) is 3.13. The molecular weight excluding hydrogens is 680 g/mol. The van der Waals surface area contributed by atoms with Crippen LogP contribution in [0, 0.1) is 13.8 Å². The number of hydrogen-bond acceptors (Lipinski definition) is 8. The van der Waals surface area contributed by atoms with Crippen LogP contribution in [0.3, 0.4) is 0 Å². The number of phenols is 1. The Hall–Kier alpha value is -5.74. The lowest BCUT2D eigenvalue weighted by atomic mass is 9.99. The number of aryl methyl sites for hydroxylation is 3. The number of phosphoric acid groups is 1. The molecule has 0 amide bonds. The second kappa shape index (κ2) is 15.7. The van der Waals surface area contributed by atoms with Gasteiger partial charge in [0.15, 0.2) is 0 Å². The molecule has 2 N–H and O–H groups in total. The Kier molecular flexibility index (Phi) is 11.3. The largest absolute Gasteiger partial charge is 0.511 e. The first kappa shape index (κ1) is 37.5. The summed E-state index contributed by atoms with van der Waals surface area (Å²) in [6, 6.07) is 31.1. The van der Waals surface area contributed by atoms with E-state index in [-0.39, 0.29) is 25.5 Å². The summed E-state index contributed by atoms with van der Waals surface area (Å²) < 4.78 is 35.5. The highest BCUT2D eigenvalue weighted by atomic mass is 31.2. The van der Waals surface area contributed by atoms with Gasteiger partial charge in [-0.15, -0.1) is 0 Å². The van der Waals surface area contributed by atoms with Crippen molar-refractivity contribution < 1.29 is 47.2 Å². The number of nitrogens with zero attached hydrogens (tertiary/aromatic N) is 1. The molecule has 12 heteroatoms. The van der Waals surface area contributed by atoms with Crippen LogP contribution >= 0.6 is 7.82 Å². The first-order chi connectivity index (χ1) is 24.4. The Bertz CT molecular complexity index is 2350. The molecule has 0 fully saturated rings. The molecule has 5 aromatic carbocycles. The zero-order chi connectivity index (χ0) is 36.3. The normalized spacial score (nSPS) is 12.5. The number of benzene rings is 5. The van der Waals surface area contributed by atoms with Crippen LogP contribution in [-0.2, 0) is 31.9 Å². The molecule has 1 unspecified atom stereocenters. The second-order valence-corrected chi connectivity index (χ2v) is 13.2. The molecule has 0 aliphatic heterocycles. The summed E-state index contributed by atoms with van der Waals surface area (Å²) >= 11 is 0. The Morgan fingerprint density at radius 1 is 0.808 bits per heavy atom. The highest BCUT2D eigenvalue weighted by Gasteiger charge is 2.28. The van der Waals surface area contributed by atoms with Crippen molar-refractivity contribution in [3.05, 3.63) is 148 Å². The summed E-state index contributed by atoms with van der Waals surface area (Å²) in [5.41, 5.74) is 4.84. The number of esters is 2. The Morgan fingerprint density at radius 2 is 1.44 bits per heavy atom. The number of rotatable bonds is 10. The number of carbonyl (C=O) groups is 2. The topological polar surface area (TPSA) is 132 Å². The molecule has 52 heavy (non-hydrogen) atoms. The molecule has 0 aliphatic rings. The molecule has 0 saturated carbocycles. The molecule has 2 radical (unpaired) electrons. The van der Waals surface area contributed by atoms with Gasteiger partial charge < -0.3 is 23.5 Å². The molecule has 0 bridgehead atoms. The molecule has 0 spiro atoms. The Labute approximate surface area is 302 Å².